The van der Waals surface area contributed by atoms with Crippen LogP contribution in [0.4, 0.5) is 17.1 Å². The Labute approximate surface area is 330 Å². The molecule has 0 unspecified atom stereocenters. The fourth-order valence-corrected chi connectivity index (χ4v) is 9.87. The minimum atomic E-state index is 1.11. The van der Waals surface area contributed by atoms with Crippen LogP contribution in [0.1, 0.15) is 0 Å². The van der Waals surface area contributed by atoms with Crippen molar-refractivity contribution >= 4 is 80.9 Å². The van der Waals surface area contributed by atoms with Gasteiger partial charge in [0.25, 0.3) is 0 Å². The van der Waals surface area contributed by atoms with Gasteiger partial charge in [0.2, 0.25) is 0 Å². The van der Waals surface area contributed by atoms with Crippen LogP contribution >= 0.6 is 11.3 Å². The second kappa shape index (κ2) is 13.4. The van der Waals surface area contributed by atoms with E-state index in [2.05, 4.69) is 217 Å². The van der Waals surface area contributed by atoms with Gasteiger partial charge in [-0.3, -0.25) is 0 Å². The first kappa shape index (κ1) is 32.4. The molecule has 262 valence electrons. The number of rotatable bonds is 6. The molecule has 0 saturated carbocycles. The molecule has 56 heavy (non-hydrogen) atoms. The number of thiophene rings is 1. The second-order valence-corrected chi connectivity index (χ2v) is 15.5. The molecule has 1 nitrogen and oxygen atoms in total. The lowest BCUT2D eigenvalue weighted by Crippen LogP contribution is -2.11. The van der Waals surface area contributed by atoms with Crippen molar-refractivity contribution in [3.05, 3.63) is 212 Å². The van der Waals surface area contributed by atoms with Crippen molar-refractivity contribution in [2.24, 2.45) is 0 Å². The van der Waals surface area contributed by atoms with Gasteiger partial charge in [0.05, 0.1) is 11.4 Å². The van der Waals surface area contributed by atoms with Gasteiger partial charge in [0.1, 0.15) is 0 Å². The Morgan fingerprint density at radius 1 is 0.339 bits per heavy atom. The molecule has 0 aliphatic heterocycles. The van der Waals surface area contributed by atoms with Gasteiger partial charge in [0, 0.05) is 31.2 Å². The smallest absolute Gasteiger partial charge is 0.0555 e. The number of fused-ring (bicyclic) bond motifs is 6. The van der Waals surface area contributed by atoms with Crippen molar-refractivity contribution in [1.82, 2.24) is 0 Å². The van der Waals surface area contributed by atoms with Crippen molar-refractivity contribution in [2.75, 3.05) is 4.90 Å². The summed E-state index contributed by atoms with van der Waals surface area (Å²) < 4.78 is 2.58. The van der Waals surface area contributed by atoms with Gasteiger partial charge >= 0.3 is 0 Å². The van der Waals surface area contributed by atoms with E-state index in [-0.39, 0.29) is 0 Å². The maximum atomic E-state index is 2.48. The molecular weight excluding hydrogens is 695 g/mol. The highest BCUT2D eigenvalue weighted by Crippen LogP contribution is 2.50. The molecule has 0 atom stereocenters. The van der Waals surface area contributed by atoms with Gasteiger partial charge in [-0.25, -0.2) is 0 Å². The van der Waals surface area contributed by atoms with Crippen LogP contribution < -0.4 is 4.90 Å². The van der Waals surface area contributed by atoms with Crippen LogP contribution in [-0.4, -0.2) is 0 Å². The first-order valence-corrected chi connectivity index (χ1v) is 20.0. The fraction of sp³-hybridized carbons (Fsp3) is 0. The number of nitrogens with zero attached hydrogens (tertiary/aromatic N) is 1. The van der Waals surface area contributed by atoms with E-state index in [4.69, 9.17) is 0 Å². The van der Waals surface area contributed by atoms with Crippen LogP contribution in [0.2, 0.25) is 0 Å². The van der Waals surface area contributed by atoms with Crippen LogP contribution in [0.25, 0.3) is 85.9 Å². The third kappa shape index (κ3) is 5.38. The van der Waals surface area contributed by atoms with Gasteiger partial charge in [-0.15, -0.1) is 11.3 Å². The largest absolute Gasteiger partial charge is 0.309 e. The Hall–Kier alpha value is -7.00. The summed E-state index contributed by atoms with van der Waals surface area (Å²) >= 11 is 1.89. The van der Waals surface area contributed by atoms with E-state index in [9.17, 15) is 0 Å². The molecule has 0 aliphatic carbocycles. The maximum Gasteiger partial charge on any atom is 0.0555 e. The first-order valence-electron chi connectivity index (χ1n) is 19.2. The van der Waals surface area contributed by atoms with Crippen LogP contribution in [-0.2, 0) is 0 Å². The zero-order chi connectivity index (χ0) is 37.0. The Bertz CT molecular complexity index is 3240. The molecule has 1 aromatic heterocycles. The molecule has 0 radical (unpaired) electrons. The normalized spacial score (nSPS) is 11.6. The van der Waals surface area contributed by atoms with Gasteiger partial charge in [-0.2, -0.15) is 0 Å². The SMILES string of the molecule is c1ccc(-c2c(-c3ccc(N(c4cccc5ccccc45)c4ccc(-c5ccc6ccccc6c5)c5sc6ccccc6c45)cc3)ccc3ccccc23)cc1. The minimum Gasteiger partial charge on any atom is -0.309 e. The summed E-state index contributed by atoms with van der Waals surface area (Å²) in [5.74, 6) is 0. The zero-order valence-corrected chi connectivity index (χ0v) is 31.4. The van der Waals surface area contributed by atoms with Crippen molar-refractivity contribution in [3.63, 3.8) is 0 Å². The van der Waals surface area contributed by atoms with Gasteiger partial charge in [0.15, 0.2) is 0 Å². The van der Waals surface area contributed by atoms with E-state index in [1.54, 1.807) is 0 Å². The summed E-state index contributed by atoms with van der Waals surface area (Å²) in [4.78, 5) is 2.48. The molecule has 0 fully saturated rings. The Morgan fingerprint density at radius 3 is 1.77 bits per heavy atom. The van der Waals surface area contributed by atoms with Crippen molar-refractivity contribution in [2.45, 2.75) is 0 Å². The third-order valence-electron chi connectivity index (χ3n) is 11.2. The highest BCUT2D eigenvalue weighted by atomic mass is 32.1. The van der Waals surface area contributed by atoms with Crippen LogP contribution in [0.15, 0.2) is 212 Å². The monoisotopic (exact) mass is 729 g/mol. The molecule has 0 N–H and O–H groups in total. The molecule has 0 aliphatic rings. The van der Waals surface area contributed by atoms with Crippen LogP contribution in [0.5, 0.6) is 0 Å². The van der Waals surface area contributed by atoms with Crippen molar-refractivity contribution < 1.29 is 0 Å². The molecule has 1 heterocycles. The third-order valence-corrected chi connectivity index (χ3v) is 12.4. The van der Waals surface area contributed by atoms with Gasteiger partial charge in [-0.05, 0) is 96.7 Å². The number of benzene rings is 10. The van der Waals surface area contributed by atoms with Gasteiger partial charge < -0.3 is 4.90 Å². The van der Waals surface area contributed by atoms with Crippen LogP contribution in [0.3, 0.4) is 0 Å². The van der Waals surface area contributed by atoms with E-state index >= 15 is 0 Å². The summed E-state index contributed by atoms with van der Waals surface area (Å²) in [6, 6.07) is 77.7. The predicted octanol–water partition coefficient (Wildman–Crippen LogP) is 16.0. The number of hydrogen-bond acceptors (Lipinski definition) is 2. The summed E-state index contributed by atoms with van der Waals surface area (Å²) in [6.07, 6.45) is 0. The van der Waals surface area contributed by atoms with Crippen molar-refractivity contribution in [3.8, 4) is 33.4 Å². The summed E-state index contributed by atoms with van der Waals surface area (Å²) in [5.41, 5.74) is 10.8. The molecule has 0 amide bonds. The van der Waals surface area contributed by atoms with E-state index in [0.29, 0.717) is 0 Å². The average molecular weight is 730 g/mol. The lowest BCUT2D eigenvalue weighted by atomic mass is 9.89. The molecule has 0 bridgehead atoms. The Morgan fingerprint density at radius 2 is 0.946 bits per heavy atom. The second-order valence-electron chi connectivity index (χ2n) is 14.5. The topological polar surface area (TPSA) is 3.24 Å². The molecule has 0 saturated heterocycles. The lowest BCUT2D eigenvalue weighted by molar-refractivity contribution is 1.32. The van der Waals surface area contributed by atoms with E-state index in [1.165, 1.54) is 91.6 Å². The molecule has 10 aromatic carbocycles. The fourth-order valence-electron chi connectivity index (χ4n) is 8.61. The van der Waals surface area contributed by atoms with E-state index < -0.39 is 0 Å². The molecule has 2 heteroatoms. The standard InChI is InChI=1S/C54H35NS/c1-2-16-40(17-3-1)52-45-21-9-7-15-38(45)29-32-46(52)39-27-30-43(31-28-39)55(49-23-12-19-37-14-6-8-20-44(37)49)50-34-33-47(42-26-25-36-13-4-5-18-41(36)35-42)54-53(50)48-22-10-11-24-51(48)56-54/h1-35H. The average Bonchev–Trinajstić information content (AvgIpc) is 3.67. The molecular formula is C54H35NS. The molecule has 11 rings (SSSR count). The summed E-state index contributed by atoms with van der Waals surface area (Å²) in [7, 11) is 0. The van der Waals surface area contributed by atoms with E-state index in [0.717, 1.165) is 11.4 Å². The van der Waals surface area contributed by atoms with Crippen molar-refractivity contribution in [1.29, 1.82) is 0 Å². The highest BCUT2D eigenvalue weighted by molar-refractivity contribution is 7.26. The Kier molecular flexibility index (Phi) is 7.75. The first-order chi connectivity index (χ1) is 27.8. The predicted molar refractivity (Wildman–Crippen MR) is 243 cm³/mol. The quantitative estimate of drug-likeness (QED) is 0.165. The lowest BCUT2D eigenvalue weighted by Gasteiger charge is -2.28. The number of hydrogen-bond donors (Lipinski definition) is 0. The molecule has 0 spiro atoms. The van der Waals surface area contributed by atoms with E-state index in [1.807, 2.05) is 11.3 Å². The minimum absolute atomic E-state index is 1.11. The van der Waals surface area contributed by atoms with Crippen LogP contribution in [0, 0.1) is 0 Å². The summed E-state index contributed by atoms with van der Waals surface area (Å²) in [5, 5.41) is 9.99. The Balaban J connectivity index is 1.14. The number of anilines is 3. The highest BCUT2D eigenvalue weighted by Gasteiger charge is 2.23. The summed E-state index contributed by atoms with van der Waals surface area (Å²) in [6.45, 7) is 0. The molecule has 11 aromatic rings. The van der Waals surface area contributed by atoms with Gasteiger partial charge in [-0.1, -0.05) is 176 Å². The maximum absolute atomic E-state index is 2.48. The zero-order valence-electron chi connectivity index (χ0n) is 30.6.